The van der Waals surface area contributed by atoms with Crippen LogP contribution in [-0.4, -0.2) is 73.6 Å². The maximum atomic E-state index is 12.9. The fraction of sp³-hybridized carbons (Fsp3) is 0.316. The van der Waals surface area contributed by atoms with Crippen molar-refractivity contribution in [3.8, 4) is 0 Å². The molecular weight excluding hydrogens is 360 g/mol. The van der Waals surface area contributed by atoms with Crippen molar-refractivity contribution in [2.75, 3.05) is 26.2 Å². The van der Waals surface area contributed by atoms with Gasteiger partial charge in [0.1, 0.15) is 12.1 Å². The van der Waals surface area contributed by atoms with Gasteiger partial charge >= 0.3 is 6.09 Å². The summed E-state index contributed by atoms with van der Waals surface area (Å²) in [5, 5.41) is 0. The van der Waals surface area contributed by atoms with Crippen molar-refractivity contribution in [2.45, 2.75) is 12.6 Å². The first kappa shape index (κ1) is 16.7. The second-order valence-corrected chi connectivity index (χ2v) is 6.94. The molecule has 1 unspecified atom stereocenters. The lowest BCUT2D eigenvalue weighted by molar-refractivity contribution is 0.0616. The third-order valence-corrected chi connectivity index (χ3v) is 5.16. The second-order valence-electron chi connectivity index (χ2n) is 6.94. The van der Waals surface area contributed by atoms with Gasteiger partial charge in [0.25, 0.3) is 5.91 Å². The van der Waals surface area contributed by atoms with Gasteiger partial charge in [-0.15, -0.1) is 0 Å². The van der Waals surface area contributed by atoms with Gasteiger partial charge in [0.15, 0.2) is 5.65 Å². The molecule has 0 aliphatic carbocycles. The monoisotopic (exact) mass is 378 g/mol. The zero-order valence-corrected chi connectivity index (χ0v) is 15.1. The Balaban J connectivity index is 1.35. The van der Waals surface area contributed by atoms with Crippen molar-refractivity contribution in [1.82, 2.24) is 29.3 Å². The third kappa shape index (κ3) is 2.84. The van der Waals surface area contributed by atoms with Crippen molar-refractivity contribution in [3.63, 3.8) is 0 Å². The molecule has 2 amide bonds. The quantitative estimate of drug-likeness (QED) is 0.679. The van der Waals surface area contributed by atoms with Gasteiger partial charge in [0, 0.05) is 32.0 Å². The number of pyridine rings is 2. The molecule has 2 aliphatic heterocycles. The molecule has 0 N–H and O–H groups in total. The topological polar surface area (TPSA) is 93.5 Å². The summed E-state index contributed by atoms with van der Waals surface area (Å²) in [7, 11) is 0. The van der Waals surface area contributed by atoms with Crippen molar-refractivity contribution >= 4 is 23.2 Å². The Hall–Kier alpha value is -3.49. The van der Waals surface area contributed by atoms with Gasteiger partial charge in [-0.05, 0) is 18.2 Å². The average Bonchev–Trinajstić information content (AvgIpc) is 3.31. The second kappa shape index (κ2) is 6.59. The van der Waals surface area contributed by atoms with Crippen LogP contribution in [0.25, 0.3) is 11.2 Å². The highest BCUT2D eigenvalue weighted by atomic mass is 16.6. The molecule has 5 rings (SSSR count). The maximum Gasteiger partial charge on any atom is 0.410 e. The first-order valence-electron chi connectivity index (χ1n) is 9.12. The lowest BCUT2D eigenvalue weighted by Crippen LogP contribution is -2.53. The molecule has 1 atom stereocenters. The van der Waals surface area contributed by atoms with Gasteiger partial charge in [0.2, 0.25) is 0 Å². The molecule has 0 saturated carbocycles. The first-order chi connectivity index (χ1) is 13.7. The van der Waals surface area contributed by atoms with E-state index in [1.54, 1.807) is 34.6 Å². The lowest BCUT2D eigenvalue weighted by Gasteiger charge is -2.35. The third-order valence-electron chi connectivity index (χ3n) is 5.16. The molecule has 2 fully saturated rings. The number of rotatable bonds is 3. The summed E-state index contributed by atoms with van der Waals surface area (Å²) >= 11 is 0. The number of carbonyl (C=O) groups is 2. The van der Waals surface area contributed by atoms with E-state index in [1.807, 2.05) is 22.8 Å². The number of imidazole rings is 1. The van der Waals surface area contributed by atoms with Crippen LogP contribution in [0.2, 0.25) is 0 Å². The minimum absolute atomic E-state index is 0.0699. The summed E-state index contributed by atoms with van der Waals surface area (Å²) in [4.78, 5) is 41.1. The molecule has 3 aromatic heterocycles. The van der Waals surface area contributed by atoms with E-state index >= 15 is 0 Å². The van der Waals surface area contributed by atoms with E-state index < -0.39 is 0 Å². The highest BCUT2D eigenvalue weighted by Gasteiger charge is 2.38. The van der Waals surface area contributed by atoms with Gasteiger partial charge < -0.3 is 14.2 Å². The predicted molar refractivity (Wildman–Crippen MR) is 98.6 cm³/mol. The smallest absolute Gasteiger partial charge is 0.410 e. The Morgan fingerprint density at radius 3 is 3.00 bits per heavy atom. The molecule has 28 heavy (non-hydrogen) atoms. The molecular formula is C19H18N6O3. The van der Waals surface area contributed by atoms with Crippen LogP contribution in [0, 0.1) is 0 Å². The normalized spacial score (nSPS) is 19.0. The summed E-state index contributed by atoms with van der Waals surface area (Å²) < 4.78 is 6.97. The highest BCUT2D eigenvalue weighted by molar-refractivity contribution is 5.96. The Morgan fingerprint density at radius 1 is 1.21 bits per heavy atom. The molecule has 9 heteroatoms. The van der Waals surface area contributed by atoms with Gasteiger partial charge in [0.05, 0.1) is 30.2 Å². The van der Waals surface area contributed by atoms with Crippen LogP contribution in [-0.2, 0) is 11.3 Å². The molecule has 0 bridgehead atoms. The number of hydrogen-bond acceptors (Lipinski definition) is 6. The van der Waals surface area contributed by atoms with Crippen LogP contribution in [0.15, 0.2) is 43.0 Å². The van der Waals surface area contributed by atoms with E-state index in [0.717, 1.165) is 5.69 Å². The fourth-order valence-corrected chi connectivity index (χ4v) is 3.70. The van der Waals surface area contributed by atoms with Crippen molar-refractivity contribution < 1.29 is 14.3 Å². The number of fused-ring (bicyclic) bond motifs is 2. The molecule has 9 nitrogen and oxygen atoms in total. The van der Waals surface area contributed by atoms with E-state index in [1.165, 1.54) is 0 Å². The number of hydrogen-bond donors (Lipinski definition) is 0. The van der Waals surface area contributed by atoms with E-state index in [2.05, 4.69) is 15.0 Å². The van der Waals surface area contributed by atoms with Gasteiger partial charge in [-0.25, -0.2) is 14.8 Å². The number of aromatic nitrogens is 4. The molecule has 142 valence electrons. The number of nitrogens with zero attached hydrogens (tertiary/aromatic N) is 6. The minimum atomic E-state index is -0.293. The average molecular weight is 378 g/mol. The van der Waals surface area contributed by atoms with E-state index in [-0.39, 0.29) is 18.0 Å². The molecule has 0 spiro atoms. The molecule has 3 aromatic rings. The Kier molecular flexibility index (Phi) is 3.92. The van der Waals surface area contributed by atoms with Gasteiger partial charge in [-0.1, -0.05) is 6.07 Å². The SMILES string of the molecule is O=C(c1cnc2c(c1)ncn2Cc1ccccn1)N1CCN2C(=O)OCC2C1. The van der Waals surface area contributed by atoms with Crippen LogP contribution in [0.1, 0.15) is 16.1 Å². The number of piperazine rings is 1. The largest absolute Gasteiger partial charge is 0.447 e. The van der Waals surface area contributed by atoms with Crippen molar-refractivity contribution in [2.24, 2.45) is 0 Å². The summed E-state index contributed by atoms with van der Waals surface area (Å²) in [5.41, 5.74) is 2.78. The van der Waals surface area contributed by atoms with Crippen LogP contribution < -0.4 is 0 Å². The molecule has 0 radical (unpaired) electrons. The number of ether oxygens (including phenoxy) is 1. The Labute approximate surface area is 160 Å². The predicted octanol–water partition coefficient (Wildman–Crippen LogP) is 1.15. The molecule has 2 saturated heterocycles. The van der Waals surface area contributed by atoms with Crippen molar-refractivity contribution in [1.29, 1.82) is 0 Å². The van der Waals surface area contributed by atoms with Crippen LogP contribution >= 0.6 is 0 Å². The zero-order chi connectivity index (χ0) is 19.1. The van der Waals surface area contributed by atoms with E-state index in [4.69, 9.17) is 4.74 Å². The fourth-order valence-electron chi connectivity index (χ4n) is 3.70. The lowest BCUT2D eigenvalue weighted by atomic mass is 10.1. The van der Waals surface area contributed by atoms with Crippen LogP contribution in [0.4, 0.5) is 4.79 Å². The van der Waals surface area contributed by atoms with E-state index in [0.29, 0.717) is 49.5 Å². The summed E-state index contributed by atoms with van der Waals surface area (Å²) in [6.45, 7) is 2.34. The van der Waals surface area contributed by atoms with E-state index in [9.17, 15) is 9.59 Å². The maximum absolute atomic E-state index is 12.9. The Morgan fingerprint density at radius 2 is 2.14 bits per heavy atom. The van der Waals surface area contributed by atoms with Crippen LogP contribution in [0.3, 0.4) is 0 Å². The molecule has 0 aromatic carbocycles. The number of cyclic esters (lactones) is 1. The summed E-state index contributed by atoms with van der Waals surface area (Å²) in [5.74, 6) is -0.104. The summed E-state index contributed by atoms with van der Waals surface area (Å²) in [6, 6.07) is 7.45. The van der Waals surface area contributed by atoms with Crippen molar-refractivity contribution in [3.05, 3.63) is 54.2 Å². The first-order valence-corrected chi connectivity index (χ1v) is 9.12. The van der Waals surface area contributed by atoms with Crippen LogP contribution in [0.5, 0.6) is 0 Å². The summed E-state index contributed by atoms with van der Waals surface area (Å²) in [6.07, 6.45) is 4.75. The standard InChI is InChI=1S/C19H18N6O3/c26-18(23-5-6-25-15(10-23)11-28-19(25)27)13-7-16-17(21-8-13)24(12-22-16)9-14-3-1-2-4-20-14/h1-4,7-8,12,15H,5-6,9-11H2. The van der Waals surface area contributed by atoms with Gasteiger partial charge in [-0.2, -0.15) is 0 Å². The highest BCUT2D eigenvalue weighted by Crippen LogP contribution is 2.20. The van der Waals surface area contributed by atoms with Gasteiger partial charge in [-0.3, -0.25) is 14.7 Å². The minimum Gasteiger partial charge on any atom is -0.447 e. The zero-order valence-electron chi connectivity index (χ0n) is 15.1. The number of carbonyl (C=O) groups excluding carboxylic acids is 2. The molecule has 5 heterocycles. The number of amides is 2. The Bertz CT molecular complexity index is 1050. The molecule has 2 aliphatic rings.